The van der Waals surface area contributed by atoms with Crippen molar-refractivity contribution in [3.8, 4) is 11.3 Å². The van der Waals surface area contributed by atoms with Crippen LogP contribution in [0.1, 0.15) is 36.3 Å². The van der Waals surface area contributed by atoms with Crippen LogP contribution >= 0.6 is 0 Å². The van der Waals surface area contributed by atoms with Gasteiger partial charge < -0.3 is 14.6 Å². The largest absolute Gasteiger partial charge is 0.441 e. The number of aryl methyl sites for hydroxylation is 3. The molecule has 1 aromatic carbocycles. The maximum absolute atomic E-state index is 12.4. The van der Waals surface area contributed by atoms with E-state index in [9.17, 15) is 9.59 Å². The van der Waals surface area contributed by atoms with Crippen LogP contribution in [-0.4, -0.2) is 41.8 Å². The topological polar surface area (TPSA) is 75.4 Å². The van der Waals surface area contributed by atoms with Crippen LogP contribution in [0.2, 0.25) is 0 Å². The molecule has 144 valence electrons. The first-order chi connectivity index (χ1) is 13.0. The summed E-state index contributed by atoms with van der Waals surface area (Å²) in [5.41, 5.74) is 3.45. The molecule has 1 N–H and O–H groups in total. The van der Waals surface area contributed by atoms with Crippen molar-refractivity contribution in [3.63, 3.8) is 0 Å². The Morgan fingerprint density at radius 3 is 2.63 bits per heavy atom. The van der Waals surface area contributed by atoms with Gasteiger partial charge in [0.1, 0.15) is 0 Å². The third-order valence-corrected chi connectivity index (χ3v) is 5.36. The van der Waals surface area contributed by atoms with Crippen molar-refractivity contribution in [2.24, 2.45) is 5.92 Å². The summed E-state index contributed by atoms with van der Waals surface area (Å²) in [5.74, 6) is 1.49. The Bertz CT molecular complexity index is 820. The van der Waals surface area contributed by atoms with Crippen molar-refractivity contribution in [1.29, 1.82) is 0 Å². The summed E-state index contributed by atoms with van der Waals surface area (Å²) in [5, 5.41) is 2.68. The lowest BCUT2D eigenvalue weighted by Gasteiger charge is -2.31. The van der Waals surface area contributed by atoms with E-state index in [1.54, 1.807) is 13.2 Å². The smallest absolute Gasteiger partial charge is 0.223 e. The van der Waals surface area contributed by atoms with Gasteiger partial charge in [-0.2, -0.15) is 0 Å². The minimum Gasteiger partial charge on any atom is -0.441 e. The number of nitrogens with zero attached hydrogens (tertiary/aromatic N) is 2. The van der Waals surface area contributed by atoms with Gasteiger partial charge >= 0.3 is 0 Å². The van der Waals surface area contributed by atoms with Crippen molar-refractivity contribution in [1.82, 2.24) is 15.2 Å². The van der Waals surface area contributed by atoms with Gasteiger partial charge in [0.15, 0.2) is 11.7 Å². The fraction of sp³-hybridized carbons (Fsp3) is 0.476. The van der Waals surface area contributed by atoms with E-state index in [1.165, 1.54) is 11.1 Å². The summed E-state index contributed by atoms with van der Waals surface area (Å²) in [4.78, 5) is 30.3. The molecule has 1 aliphatic heterocycles. The van der Waals surface area contributed by atoms with E-state index in [4.69, 9.17) is 4.42 Å². The molecule has 6 nitrogen and oxygen atoms in total. The van der Waals surface area contributed by atoms with Crippen LogP contribution in [0.15, 0.2) is 28.8 Å². The number of likely N-dealkylation sites (tertiary alicyclic amines) is 1. The predicted molar refractivity (Wildman–Crippen MR) is 103 cm³/mol. The molecule has 0 bridgehead atoms. The molecule has 2 aromatic rings. The van der Waals surface area contributed by atoms with Crippen molar-refractivity contribution in [2.75, 3.05) is 20.1 Å². The van der Waals surface area contributed by atoms with Gasteiger partial charge in [0.2, 0.25) is 11.8 Å². The third-order valence-electron chi connectivity index (χ3n) is 5.36. The molecule has 27 heavy (non-hydrogen) atoms. The Balaban J connectivity index is 1.52. The van der Waals surface area contributed by atoms with Crippen molar-refractivity contribution in [2.45, 2.75) is 39.5 Å². The maximum atomic E-state index is 12.4. The molecule has 0 atom stereocenters. The number of aromatic nitrogens is 1. The van der Waals surface area contributed by atoms with Crippen LogP contribution in [0.4, 0.5) is 0 Å². The van der Waals surface area contributed by atoms with Crippen LogP contribution in [0.5, 0.6) is 0 Å². The minimum absolute atomic E-state index is 0.0197. The predicted octanol–water partition coefficient (Wildman–Crippen LogP) is 2.88. The van der Waals surface area contributed by atoms with Gasteiger partial charge in [-0.25, -0.2) is 4.98 Å². The summed E-state index contributed by atoms with van der Waals surface area (Å²) in [6, 6.07) is 6.18. The van der Waals surface area contributed by atoms with Gasteiger partial charge in [-0.3, -0.25) is 9.59 Å². The number of carbonyl (C=O) groups excluding carboxylic acids is 2. The lowest BCUT2D eigenvalue weighted by molar-refractivity contribution is -0.135. The van der Waals surface area contributed by atoms with Gasteiger partial charge in [-0.1, -0.05) is 12.1 Å². The summed E-state index contributed by atoms with van der Waals surface area (Å²) in [7, 11) is 1.66. The summed E-state index contributed by atoms with van der Waals surface area (Å²) in [6.07, 6.45) is 4.03. The molecule has 0 unspecified atom stereocenters. The zero-order valence-corrected chi connectivity index (χ0v) is 16.2. The normalized spacial score (nSPS) is 15.0. The van der Waals surface area contributed by atoms with Crippen molar-refractivity contribution in [3.05, 3.63) is 41.4 Å². The van der Waals surface area contributed by atoms with Crippen LogP contribution < -0.4 is 5.32 Å². The fourth-order valence-corrected chi connectivity index (χ4v) is 3.42. The molecule has 1 aliphatic rings. The zero-order valence-electron chi connectivity index (χ0n) is 16.2. The van der Waals surface area contributed by atoms with Crippen molar-refractivity contribution < 1.29 is 14.0 Å². The molecule has 1 fully saturated rings. The Kier molecular flexibility index (Phi) is 5.94. The second-order valence-corrected chi connectivity index (χ2v) is 7.19. The van der Waals surface area contributed by atoms with Crippen molar-refractivity contribution >= 4 is 11.8 Å². The van der Waals surface area contributed by atoms with Crippen LogP contribution in [0, 0.1) is 19.8 Å². The molecule has 0 aliphatic carbocycles. The summed E-state index contributed by atoms with van der Waals surface area (Å²) in [6.45, 7) is 5.42. The molecule has 6 heteroatoms. The molecule has 0 spiro atoms. The molecule has 1 aromatic heterocycles. The first-order valence-electron chi connectivity index (χ1n) is 9.49. The molecule has 2 heterocycles. The van der Waals surface area contributed by atoms with Crippen LogP contribution in [0.3, 0.4) is 0 Å². The minimum atomic E-state index is 0.0197. The molecule has 2 amide bonds. The van der Waals surface area contributed by atoms with E-state index >= 15 is 0 Å². The number of carbonyl (C=O) groups is 2. The Labute approximate surface area is 160 Å². The van der Waals surface area contributed by atoms with E-state index in [2.05, 4.69) is 36.3 Å². The standard InChI is InChI=1S/C21H27N3O3/c1-14-4-5-17(12-15(14)2)18-13-23-19(27-18)6-7-20(25)24-10-8-16(9-11-24)21(26)22-3/h4-5,12-13,16H,6-11H2,1-3H3,(H,22,26). The monoisotopic (exact) mass is 369 g/mol. The highest BCUT2D eigenvalue weighted by Gasteiger charge is 2.26. The first-order valence-corrected chi connectivity index (χ1v) is 9.49. The lowest BCUT2D eigenvalue weighted by atomic mass is 9.96. The zero-order chi connectivity index (χ0) is 19.4. The first kappa shape index (κ1) is 19.1. The SMILES string of the molecule is CNC(=O)C1CCN(C(=O)CCc2ncc(-c3ccc(C)c(C)c3)o2)CC1. The fourth-order valence-electron chi connectivity index (χ4n) is 3.42. The van der Waals surface area contributed by atoms with Gasteiger partial charge in [-0.05, 0) is 43.9 Å². The maximum Gasteiger partial charge on any atom is 0.223 e. The molecule has 1 saturated heterocycles. The molecule has 3 rings (SSSR count). The summed E-state index contributed by atoms with van der Waals surface area (Å²) >= 11 is 0. The van der Waals surface area contributed by atoms with Crippen LogP contribution in [-0.2, 0) is 16.0 Å². The Morgan fingerprint density at radius 1 is 1.22 bits per heavy atom. The number of oxazole rings is 1. The number of amides is 2. The molecular weight excluding hydrogens is 342 g/mol. The number of hydrogen-bond acceptors (Lipinski definition) is 4. The average molecular weight is 369 g/mol. The van der Waals surface area contributed by atoms with E-state index in [0.29, 0.717) is 31.8 Å². The molecular formula is C21H27N3O3. The number of hydrogen-bond donors (Lipinski definition) is 1. The van der Waals surface area contributed by atoms with Gasteiger partial charge in [0.05, 0.1) is 6.20 Å². The lowest BCUT2D eigenvalue weighted by Crippen LogP contribution is -2.42. The Morgan fingerprint density at radius 2 is 1.96 bits per heavy atom. The Hall–Kier alpha value is -2.63. The van der Waals surface area contributed by atoms with Crippen LogP contribution in [0.25, 0.3) is 11.3 Å². The average Bonchev–Trinajstić information content (AvgIpc) is 3.16. The highest BCUT2D eigenvalue weighted by atomic mass is 16.4. The molecule has 0 saturated carbocycles. The highest BCUT2D eigenvalue weighted by Crippen LogP contribution is 2.24. The second-order valence-electron chi connectivity index (χ2n) is 7.19. The van der Waals surface area contributed by atoms with Gasteiger partial charge in [0.25, 0.3) is 0 Å². The summed E-state index contributed by atoms with van der Waals surface area (Å²) < 4.78 is 5.83. The number of rotatable bonds is 5. The van der Waals surface area contributed by atoms with Gasteiger partial charge in [0, 0.05) is 44.5 Å². The second kappa shape index (κ2) is 8.37. The number of piperidine rings is 1. The van der Waals surface area contributed by atoms with E-state index in [0.717, 1.165) is 24.2 Å². The third kappa shape index (κ3) is 4.56. The van der Waals surface area contributed by atoms with E-state index in [1.807, 2.05) is 11.0 Å². The molecule has 0 radical (unpaired) electrons. The van der Waals surface area contributed by atoms with E-state index in [-0.39, 0.29) is 17.7 Å². The number of nitrogens with one attached hydrogen (secondary N) is 1. The quantitative estimate of drug-likeness (QED) is 0.879. The van der Waals surface area contributed by atoms with E-state index < -0.39 is 0 Å². The highest BCUT2D eigenvalue weighted by molar-refractivity contribution is 5.79. The number of benzene rings is 1. The van der Waals surface area contributed by atoms with Gasteiger partial charge in [-0.15, -0.1) is 0 Å².